The van der Waals surface area contributed by atoms with E-state index in [0.717, 1.165) is 21.9 Å². The Hall–Kier alpha value is -3.36. The summed E-state index contributed by atoms with van der Waals surface area (Å²) in [6.07, 6.45) is 2.69. The van der Waals surface area contributed by atoms with Crippen molar-refractivity contribution in [3.05, 3.63) is 84.2 Å². The number of amides is 2. The Kier molecular flexibility index (Phi) is 10.6. The Morgan fingerprint density at radius 3 is 2.18 bits per heavy atom. The second-order valence-corrected chi connectivity index (χ2v) is 9.33. The van der Waals surface area contributed by atoms with Gasteiger partial charge in [0.25, 0.3) is 5.91 Å². The first kappa shape index (κ1) is 26.9. The fourth-order valence-electron chi connectivity index (χ4n) is 2.60. The molecule has 0 radical (unpaired) electrons. The molecule has 34 heavy (non-hydrogen) atoms. The number of pyridine rings is 1. The van der Waals surface area contributed by atoms with E-state index in [1.807, 2.05) is 48.5 Å². The van der Waals surface area contributed by atoms with Gasteiger partial charge in [0.15, 0.2) is 0 Å². The number of carbonyl (C=O) groups is 2. The number of ether oxygens (including phenoxy) is 1. The first-order valence-corrected chi connectivity index (χ1v) is 11.7. The highest BCUT2D eigenvalue weighted by molar-refractivity contribution is 7.97. The summed E-state index contributed by atoms with van der Waals surface area (Å²) in [5.41, 5.74) is 7.21. The molecule has 0 aliphatic heterocycles. The zero-order valence-corrected chi connectivity index (χ0v) is 20.8. The summed E-state index contributed by atoms with van der Waals surface area (Å²) in [6, 6.07) is 20.7. The highest BCUT2D eigenvalue weighted by Crippen LogP contribution is 2.20. The predicted molar refractivity (Wildman–Crippen MR) is 138 cm³/mol. The number of hydrogen-bond acceptors (Lipinski definition) is 6. The van der Waals surface area contributed by atoms with Gasteiger partial charge < -0.3 is 15.8 Å². The Morgan fingerprint density at radius 1 is 1.00 bits per heavy atom. The number of methoxy groups -OCH3 is 1. The maximum atomic E-state index is 12.1. The molecule has 0 unspecified atom stereocenters. The van der Waals surface area contributed by atoms with E-state index in [2.05, 4.69) is 35.8 Å². The molecule has 0 spiro atoms. The van der Waals surface area contributed by atoms with E-state index >= 15 is 0 Å². The van der Waals surface area contributed by atoms with Gasteiger partial charge in [-0.15, -0.1) is 0 Å². The van der Waals surface area contributed by atoms with Crippen LogP contribution in [-0.2, 0) is 11.2 Å². The minimum atomic E-state index is -0.490. The molecule has 0 saturated heterocycles. The van der Waals surface area contributed by atoms with E-state index in [4.69, 9.17) is 10.5 Å². The monoisotopic (exact) mass is 480 g/mol. The molecule has 4 N–H and O–H groups in total. The first-order chi connectivity index (χ1) is 16.2. The SMILES string of the molecule is COc1ccc(CCC(=O)Nc2ccc(SNC(C)(C)C)cc2)cc1.NC(=O)c1ccccn1. The third-order valence-electron chi connectivity index (χ3n) is 4.33. The number of rotatable bonds is 8. The van der Waals surface area contributed by atoms with Crippen molar-refractivity contribution in [1.29, 1.82) is 0 Å². The van der Waals surface area contributed by atoms with Gasteiger partial charge in [-0.05, 0) is 93.2 Å². The lowest BCUT2D eigenvalue weighted by Gasteiger charge is -2.19. The van der Waals surface area contributed by atoms with Crippen LogP contribution in [0.2, 0.25) is 0 Å². The van der Waals surface area contributed by atoms with Gasteiger partial charge in [-0.25, -0.2) is 0 Å². The second kappa shape index (κ2) is 13.4. The van der Waals surface area contributed by atoms with Gasteiger partial charge in [-0.2, -0.15) is 0 Å². The van der Waals surface area contributed by atoms with E-state index < -0.39 is 5.91 Å². The summed E-state index contributed by atoms with van der Waals surface area (Å²) in [5.74, 6) is 0.353. The van der Waals surface area contributed by atoms with Crippen LogP contribution in [0.1, 0.15) is 43.2 Å². The Bertz CT molecular complexity index is 1030. The molecule has 0 saturated carbocycles. The smallest absolute Gasteiger partial charge is 0.267 e. The summed E-state index contributed by atoms with van der Waals surface area (Å²) < 4.78 is 8.50. The second-order valence-electron chi connectivity index (χ2n) is 8.45. The summed E-state index contributed by atoms with van der Waals surface area (Å²) in [6.45, 7) is 6.37. The molecule has 1 aromatic heterocycles. The number of aromatic nitrogens is 1. The van der Waals surface area contributed by atoms with Crippen LogP contribution in [0.5, 0.6) is 5.75 Å². The number of nitrogens with one attached hydrogen (secondary N) is 2. The number of anilines is 1. The Labute approximate surface area is 205 Å². The van der Waals surface area contributed by atoms with Gasteiger partial charge >= 0.3 is 0 Å². The molecule has 3 rings (SSSR count). The quantitative estimate of drug-likeness (QED) is 0.398. The van der Waals surface area contributed by atoms with Crippen molar-refractivity contribution in [2.24, 2.45) is 5.73 Å². The molecule has 0 bridgehead atoms. The highest BCUT2D eigenvalue weighted by atomic mass is 32.2. The first-order valence-electron chi connectivity index (χ1n) is 10.8. The van der Waals surface area contributed by atoms with Crippen LogP contribution in [0.25, 0.3) is 0 Å². The van der Waals surface area contributed by atoms with Crippen LogP contribution >= 0.6 is 11.9 Å². The number of hydrogen-bond donors (Lipinski definition) is 3. The van der Waals surface area contributed by atoms with Crippen molar-refractivity contribution < 1.29 is 14.3 Å². The van der Waals surface area contributed by atoms with Gasteiger partial charge in [0.2, 0.25) is 5.91 Å². The third-order valence-corrected chi connectivity index (χ3v) is 5.55. The lowest BCUT2D eigenvalue weighted by molar-refractivity contribution is -0.116. The van der Waals surface area contributed by atoms with Crippen LogP contribution in [0.3, 0.4) is 0 Å². The van der Waals surface area contributed by atoms with Crippen LogP contribution in [-0.4, -0.2) is 29.4 Å². The maximum absolute atomic E-state index is 12.1. The van der Waals surface area contributed by atoms with Crippen molar-refractivity contribution >= 4 is 29.4 Å². The van der Waals surface area contributed by atoms with E-state index in [9.17, 15) is 9.59 Å². The van der Waals surface area contributed by atoms with Gasteiger partial charge in [0.1, 0.15) is 11.4 Å². The molecule has 7 nitrogen and oxygen atoms in total. The summed E-state index contributed by atoms with van der Waals surface area (Å²) >= 11 is 1.59. The van der Waals surface area contributed by atoms with Gasteiger partial charge in [-0.3, -0.25) is 19.3 Å². The molecule has 0 fully saturated rings. The number of nitrogens with zero attached hydrogens (tertiary/aromatic N) is 1. The molecule has 8 heteroatoms. The van der Waals surface area contributed by atoms with Crippen molar-refractivity contribution in [2.75, 3.05) is 12.4 Å². The molecular formula is C26H32N4O3S. The number of carbonyl (C=O) groups excluding carboxylic acids is 2. The van der Waals surface area contributed by atoms with Gasteiger partial charge in [0.05, 0.1) is 7.11 Å². The molecule has 0 atom stereocenters. The average Bonchev–Trinajstić information content (AvgIpc) is 2.83. The highest BCUT2D eigenvalue weighted by Gasteiger charge is 2.09. The fourth-order valence-corrected chi connectivity index (χ4v) is 3.30. The number of nitrogens with two attached hydrogens (primary N) is 1. The van der Waals surface area contributed by atoms with Crippen LogP contribution in [0, 0.1) is 0 Å². The van der Waals surface area contributed by atoms with Crippen LogP contribution in [0.4, 0.5) is 5.69 Å². The average molecular weight is 481 g/mol. The molecule has 180 valence electrons. The van der Waals surface area contributed by atoms with Crippen LogP contribution in [0.15, 0.2) is 77.8 Å². The zero-order chi connectivity index (χ0) is 25.0. The molecule has 2 aromatic carbocycles. The third kappa shape index (κ3) is 10.5. The number of aryl methyl sites for hydroxylation is 1. The Balaban J connectivity index is 0.000000379. The topological polar surface area (TPSA) is 106 Å². The molecule has 0 aliphatic carbocycles. The standard InChI is InChI=1S/C20H26N2O2S.C6H6N2O/c1-20(2,3)22-25-18-12-8-16(9-13-18)21-19(23)14-7-15-5-10-17(24-4)11-6-15;7-6(9)5-3-1-2-4-8-5/h5-6,8-13,22H,7,14H2,1-4H3,(H,21,23);1-4H,(H2,7,9). The zero-order valence-electron chi connectivity index (χ0n) is 20.0. The minimum Gasteiger partial charge on any atom is -0.497 e. The number of benzene rings is 2. The van der Waals surface area contributed by atoms with E-state index in [1.165, 1.54) is 6.20 Å². The summed E-state index contributed by atoms with van der Waals surface area (Å²) in [5, 5.41) is 2.94. The normalized spacial score (nSPS) is 10.6. The van der Waals surface area contributed by atoms with Crippen molar-refractivity contribution in [3.8, 4) is 5.75 Å². The molecular weight excluding hydrogens is 448 g/mol. The van der Waals surface area contributed by atoms with E-state index in [0.29, 0.717) is 18.5 Å². The fraction of sp³-hybridized carbons (Fsp3) is 0.269. The molecule has 3 aromatic rings. The van der Waals surface area contributed by atoms with E-state index in [1.54, 1.807) is 37.3 Å². The maximum Gasteiger partial charge on any atom is 0.267 e. The predicted octanol–water partition coefficient (Wildman–Crippen LogP) is 4.84. The van der Waals surface area contributed by atoms with Gasteiger partial charge in [0, 0.05) is 28.7 Å². The lowest BCUT2D eigenvalue weighted by Crippen LogP contribution is -2.29. The van der Waals surface area contributed by atoms with Crippen molar-refractivity contribution in [1.82, 2.24) is 9.71 Å². The van der Waals surface area contributed by atoms with E-state index in [-0.39, 0.29) is 11.4 Å². The number of primary amides is 1. The molecule has 0 aliphatic rings. The van der Waals surface area contributed by atoms with Crippen molar-refractivity contribution in [3.63, 3.8) is 0 Å². The summed E-state index contributed by atoms with van der Waals surface area (Å²) in [4.78, 5) is 27.3. The lowest BCUT2D eigenvalue weighted by atomic mass is 10.1. The summed E-state index contributed by atoms with van der Waals surface area (Å²) in [7, 11) is 1.64. The van der Waals surface area contributed by atoms with Gasteiger partial charge in [-0.1, -0.05) is 18.2 Å². The molecule has 1 heterocycles. The van der Waals surface area contributed by atoms with Crippen molar-refractivity contribution in [2.45, 2.75) is 44.0 Å². The van der Waals surface area contributed by atoms with Crippen LogP contribution < -0.4 is 20.5 Å². The minimum absolute atomic E-state index is 0.0176. The molecule has 2 amide bonds. The largest absolute Gasteiger partial charge is 0.497 e. The Morgan fingerprint density at radius 2 is 1.68 bits per heavy atom.